The fourth-order valence-electron chi connectivity index (χ4n) is 2.80. The molecule has 2 aromatic carbocycles. The zero-order valence-electron chi connectivity index (χ0n) is 14.6. The number of benzene rings is 2. The average Bonchev–Trinajstić information content (AvgIpc) is 2.54. The Morgan fingerprint density at radius 3 is 2.00 bits per heavy atom. The predicted octanol–water partition coefficient (Wildman–Crippen LogP) is 2.65. The van der Waals surface area contributed by atoms with E-state index in [9.17, 15) is 31.2 Å². The monoisotopic (exact) mass is 413 g/mol. The van der Waals surface area contributed by atoms with Gasteiger partial charge in [-0.15, -0.1) is 0 Å². The second kappa shape index (κ2) is 6.51. The number of halogens is 3. The minimum absolute atomic E-state index is 0.0417. The smallest absolute Gasteiger partial charge is 0.316 e. The van der Waals surface area contributed by atoms with E-state index >= 15 is 0 Å². The minimum atomic E-state index is -4.54. The van der Waals surface area contributed by atoms with Crippen molar-refractivity contribution in [1.29, 1.82) is 0 Å². The normalized spacial score (nSPS) is 12.3. The van der Waals surface area contributed by atoms with Crippen molar-refractivity contribution in [1.82, 2.24) is 9.97 Å². The van der Waals surface area contributed by atoms with Gasteiger partial charge < -0.3 is 9.97 Å². The van der Waals surface area contributed by atoms with Gasteiger partial charge in [-0.3, -0.25) is 14.3 Å². The Kier molecular flexibility index (Phi) is 4.58. The molecule has 3 N–H and O–H groups in total. The molecular formula is C17H14F3N3O4S. The van der Waals surface area contributed by atoms with Crippen molar-refractivity contribution in [3.05, 3.63) is 67.7 Å². The molecule has 148 valence electrons. The van der Waals surface area contributed by atoms with E-state index in [-0.39, 0.29) is 32.7 Å². The summed E-state index contributed by atoms with van der Waals surface area (Å²) in [6.07, 6.45) is -4.54. The van der Waals surface area contributed by atoms with Crippen LogP contribution >= 0.6 is 0 Å². The number of hydrogen-bond donors (Lipinski definition) is 3. The van der Waals surface area contributed by atoms with Crippen molar-refractivity contribution >= 4 is 26.7 Å². The van der Waals surface area contributed by atoms with Gasteiger partial charge in [0.25, 0.3) is 10.0 Å². The van der Waals surface area contributed by atoms with Crippen LogP contribution in [0.2, 0.25) is 0 Å². The van der Waals surface area contributed by atoms with Crippen LogP contribution in [0, 0.1) is 13.8 Å². The lowest BCUT2D eigenvalue weighted by molar-refractivity contribution is -0.138. The molecule has 28 heavy (non-hydrogen) atoms. The van der Waals surface area contributed by atoms with E-state index in [1.807, 2.05) is 0 Å². The molecule has 0 spiro atoms. The van der Waals surface area contributed by atoms with Crippen molar-refractivity contribution < 1.29 is 21.6 Å². The van der Waals surface area contributed by atoms with Gasteiger partial charge in [0.05, 0.1) is 21.5 Å². The molecule has 0 aliphatic heterocycles. The number of H-pyrrole nitrogens is 2. The van der Waals surface area contributed by atoms with Crippen molar-refractivity contribution in [3.63, 3.8) is 0 Å². The van der Waals surface area contributed by atoms with Crippen LogP contribution < -0.4 is 15.8 Å². The van der Waals surface area contributed by atoms with Gasteiger partial charge in [0.2, 0.25) is 0 Å². The molecule has 0 saturated heterocycles. The molecule has 0 saturated carbocycles. The lowest BCUT2D eigenvalue weighted by Gasteiger charge is -2.14. The molecule has 1 heterocycles. The van der Waals surface area contributed by atoms with Crippen LogP contribution in [0.1, 0.15) is 16.7 Å². The molecule has 0 bridgehead atoms. The first-order valence-electron chi connectivity index (χ1n) is 7.86. The molecule has 7 nitrogen and oxygen atoms in total. The lowest BCUT2D eigenvalue weighted by Crippen LogP contribution is -2.29. The molecule has 1 aromatic heterocycles. The van der Waals surface area contributed by atoms with E-state index in [1.165, 1.54) is 26.0 Å². The topological polar surface area (TPSA) is 112 Å². The highest BCUT2D eigenvalue weighted by molar-refractivity contribution is 7.92. The van der Waals surface area contributed by atoms with Crippen LogP contribution in [0.25, 0.3) is 11.0 Å². The fourth-order valence-corrected chi connectivity index (χ4v) is 4.10. The van der Waals surface area contributed by atoms with Gasteiger partial charge in [0, 0.05) is 5.69 Å². The molecule has 3 rings (SSSR count). The highest BCUT2D eigenvalue weighted by Gasteiger charge is 2.32. The quantitative estimate of drug-likeness (QED) is 0.573. The number of alkyl halides is 3. The summed E-state index contributed by atoms with van der Waals surface area (Å²) >= 11 is 0. The number of aromatic nitrogens is 2. The van der Waals surface area contributed by atoms with Crippen LogP contribution in [-0.2, 0) is 16.2 Å². The van der Waals surface area contributed by atoms with Crippen molar-refractivity contribution in [2.24, 2.45) is 0 Å². The Morgan fingerprint density at radius 2 is 1.46 bits per heavy atom. The molecule has 3 aromatic rings. The zero-order chi connectivity index (χ0) is 20.9. The first kappa shape index (κ1) is 19.7. The Labute approximate surface area is 156 Å². The Hall–Kier alpha value is -3.08. The molecule has 0 radical (unpaired) electrons. The third-order valence-electron chi connectivity index (χ3n) is 4.09. The standard InChI is InChI=1S/C17H14F3N3O4S/c1-8-5-10(3-4-11(8)17(18,19)20)23-28(26,27)14-7-13-12(6-9(14)2)21-15(24)16(25)22-13/h3-7,23H,1-2H3,(H,21,24)(H,22,25). The number of hydrogen-bond acceptors (Lipinski definition) is 4. The van der Waals surface area contributed by atoms with Gasteiger partial charge in [-0.05, 0) is 55.3 Å². The summed E-state index contributed by atoms with van der Waals surface area (Å²) in [6.45, 7) is 2.71. The highest BCUT2D eigenvalue weighted by atomic mass is 32.2. The third kappa shape index (κ3) is 3.65. The third-order valence-corrected chi connectivity index (χ3v) is 5.61. The number of anilines is 1. The first-order chi connectivity index (χ1) is 12.9. The van der Waals surface area contributed by atoms with E-state index in [0.717, 1.165) is 18.2 Å². The summed E-state index contributed by atoms with van der Waals surface area (Å²) in [4.78, 5) is 27.3. The van der Waals surface area contributed by atoms with Crippen molar-refractivity contribution in [2.75, 3.05) is 4.72 Å². The fraction of sp³-hybridized carbons (Fsp3) is 0.176. The van der Waals surface area contributed by atoms with E-state index in [1.54, 1.807) is 0 Å². The van der Waals surface area contributed by atoms with Crippen LogP contribution in [0.3, 0.4) is 0 Å². The molecule has 0 amide bonds. The Balaban J connectivity index is 2.05. The molecule has 11 heteroatoms. The lowest BCUT2D eigenvalue weighted by atomic mass is 10.1. The average molecular weight is 413 g/mol. The number of aryl methyl sites for hydroxylation is 2. The van der Waals surface area contributed by atoms with Crippen molar-refractivity contribution in [3.8, 4) is 0 Å². The van der Waals surface area contributed by atoms with E-state index in [0.29, 0.717) is 0 Å². The van der Waals surface area contributed by atoms with Crippen LogP contribution in [0.5, 0.6) is 0 Å². The summed E-state index contributed by atoms with van der Waals surface area (Å²) in [7, 11) is -4.17. The SMILES string of the molecule is Cc1cc(NS(=O)(=O)c2cc3[nH]c(=O)c(=O)[nH]c3cc2C)ccc1C(F)(F)F. The minimum Gasteiger partial charge on any atom is -0.316 e. The molecular weight excluding hydrogens is 399 g/mol. The molecule has 0 atom stereocenters. The summed E-state index contributed by atoms with van der Waals surface area (Å²) < 4.78 is 66.2. The predicted molar refractivity (Wildman–Crippen MR) is 96.9 cm³/mol. The summed E-state index contributed by atoms with van der Waals surface area (Å²) in [5, 5.41) is 0. The van der Waals surface area contributed by atoms with Gasteiger partial charge in [0.15, 0.2) is 0 Å². The summed E-state index contributed by atoms with van der Waals surface area (Å²) in [5.41, 5.74) is -2.24. The van der Waals surface area contributed by atoms with Gasteiger partial charge in [-0.25, -0.2) is 8.42 Å². The first-order valence-corrected chi connectivity index (χ1v) is 9.34. The number of fused-ring (bicyclic) bond motifs is 1. The second-order valence-corrected chi connectivity index (χ2v) is 7.86. The maximum Gasteiger partial charge on any atom is 0.416 e. The number of aromatic amines is 2. The Morgan fingerprint density at radius 1 is 0.893 bits per heavy atom. The largest absolute Gasteiger partial charge is 0.416 e. The van der Waals surface area contributed by atoms with E-state index in [2.05, 4.69) is 14.7 Å². The summed E-state index contributed by atoms with van der Waals surface area (Å²) in [6, 6.07) is 5.43. The molecule has 0 aliphatic carbocycles. The van der Waals surface area contributed by atoms with E-state index < -0.39 is 32.9 Å². The number of rotatable bonds is 3. The van der Waals surface area contributed by atoms with Crippen LogP contribution in [0.15, 0.2) is 44.8 Å². The van der Waals surface area contributed by atoms with Crippen LogP contribution in [0.4, 0.5) is 18.9 Å². The maximum absolute atomic E-state index is 12.9. The summed E-state index contributed by atoms with van der Waals surface area (Å²) in [5.74, 6) is 0. The van der Waals surface area contributed by atoms with Gasteiger partial charge >= 0.3 is 17.3 Å². The van der Waals surface area contributed by atoms with Gasteiger partial charge in [-0.1, -0.05) is 0 Å². The van der Waals surface area contributed by atoms with Crippen molar-refractivity contribution in [2.45, 2.75) is 24.9 Å². The molecule has 0 aliphatic rings. The number of nitrogens with one attached hydrogen (secondary N) is 3. The zero-order valence-corrected chi connectivity index (χ0v) is 15.4. The van der Waals surface area contributed by atoms with E-state index in [4.69, 9.17) is 0 Å². The highest BCUT2D eigenvalue weighted by Crippen LogP contribution is 2.33. The number of sulfonamides is 1. The maximum atomic E-state index is 12.9. The Bertz CT molecular complexity index is 1310. The molecule has 0 fully saturated rings. The molecule has 0 unspecified atom stereocenters. The van der Waals surface area contributed by atoms with Crippen LogP contribution in [-0.4, -0.2) is 18.4 Å². The van der Waals surface area contributed by atoms with Gasteiger partial charge in [-0.2, -0.15) is 13.2 Å². The second-order valence-electron chi connectivity index (χ2n) is 6.20. The van der Waals surface area contributed by atoms with Gasteiger partial charge in [0.1, 0.15) is 0 Å².